The highest BCUT2D eigenvalue weighted by Crippen LogP contribution is 2.38. The number of rotatable bonds is 5. The van der Waals surface area contributed by atoms with Crippen molar-refractivity contribution in [1.29, 1.82) is 0 Å². The molecule has 0 unspecified atom stereocenters. The average Bonchev–Trinajstić information content (AvgIpc) is 2.49. The summed E-state index contributed by atoms with van der Waals surface area (Å²) in [6.07, 6.45) is -10.3. The predicted octanol–water partition coefficient (Wildman–Crippen LogP) is 1.87. The zero-order chi connectivity index (χ0) is 19.6. The summed E-state index contributed by atoms with van der Waals surface area (Å²) < 4.78 is 101. The summed E-state index contributed by atoms with van der Waals surface area (Å²) in [5, 5.41) is 0. The zero-order valence-corrected chi connectivity index (χ0v) is 13.4. The molecule has 1 aromatic rings. The third-order valence-electron chi connectivity index (χ3n) is 3.01. The fourth-order valence-corrected chi connectivity index (χ4v) is 2.82. The highest BCUT2D eigenvalue weighted by molar-refractivity contribution is 7.92. The van der Waals surface area contributed by atoms with Gasteiger partial charge in [-0.1, -0.05) is 0 Å². The first kappa shape index (κ1) is 21.0. The molecule has 0 aliphatic rings. The first-order valence-electron chi connectivity index (χ1n) is 6.51. The lowest BCUT2D eigenvalue weighted by Crippen LogP contribution is -2.43. The second-order valence-corrected chi connectivity index (χ2v) is 6.92. The summed E-state index contributed by atoms with van der Waals surface area (Å²) in [4.78, 5) is 11.3. The van der Waals surface area contributed by atoms with Gasteiger partial charge in [0.2, 0.25) is 10.0 Å². The van der Waals surface area contributed by atoms with Gasteiger partial charge in [-0.05, 0) is 25.1 Å². The van der Waals surface area contributed by atoms with E-state index in [1.165, 1.54) is 0 Å². The summed E-state index contributed by atoms with van der Waals surface area (Å²) in [5.41, 5.74) is -2.80. The first-order chi connectivity index (χ1) is 11.2. The molecule has 0 heterocycles. The standard InChI is InChI=1S/C12H13F6N3O3S/c1-2-25(23,24)21(6-10(22)20-19)9-4-7(11(13,14)15)3-8(5-9)12(16,17)18/h3-5H,2,6,19H2,1H3,(H,20,22). The van der Waals surface area contributed by atoms with E-state index >= 15 is 0 Å². The van der Waals surface area contributed by atoms with Gasteiger partial charge in [0.1, 0.15) is 6.54 Å². The molecule has 0 radical (unpaired) electrons. The second kappa shape index (κ2) is 7.07. The fourth-order valence-electron chi connectivity index (χ4n) is 1.76. The number of nitrogens with zero attached hydrogens (tertiary/aromatic N) is 1. The smallest absolute Gasteiger partial charge is 0.293 e. The second-order valence-electron chi connectivity index (χ2n) is 4.74. The lowest BCUT2D eigenvalue weighted by atomic mass is 10.1. The van der Waals surface area contributed by atoms with Gasteiger partial charge in [0.25, 0.3) is 5.91 Å². The number of carbonyl (C=O) groups is 1. The number of sulfonamides is 1. The number of alkyl halides is 6. The predicted molar refractivity (Wildman–Crippen MR) is 75.6 cm³/mol. The number of hydrazine groups is 1. The molecule has 0 aromatic heterocycles. The van der Waals surface area contributed by atoms with E-state index in [4.69, 9.17) is 5.84 Å². The van der Waals surface area contributed by atoms with Crippen LogP contribution in [0.25, 0.3) is 0 Å². The van der Waals surface area contributed by atoms with Crippen molar-refractivity contribution in [3.63, 3.8) is 0 Å². The van der Waals surface area contributed by atoms with Gasteiger partial charge >= 0.3 is 12.4 Å². The van der Waals surface area contributed by atoms with Crippen LogP contribution < -0.4 is 15.6 Å². The molecule has 0 saturated heterocycles. The van der Waals surface area contributed by atoms with Gasteiger partial charge in [-0.25, -0.2) is 14.3 Å². The SMILES string of the molecule is CCS(=O)(=O)N(CC(=O)NN)c1cc(C(F)(F)F)cc(C(F)(F)F)c1. The van der Waals surface area contributed by atoms with Crippen molar-refractivity contribution < 1.29 is 39.6 Å². The van der Waals surface area contributed by atoms with Crippen LogP contribution in [-0.4, -0.2) is 26.6 Å². The van der Waals surface area contributed by atoms with Crippen LogP contribution in [0.5, 0.6) is 0 Å². The molecule has 0 saturated carbocycles. The van der Waals surface area contributed by atoms with Crippen molar-refractivity contribution >= 4 is 21.6 Å². The minimum absolute atomic E-state index is 0.139. The van der Waals surface area contributed by atoms with Crippen molar-refractivity contribution in [1.82, 2.24) is 5.43 Å². The van der Waals surface area contributed by atoms with Crippen LogP contribution >= 0.6 is 0 Å². The number of carbonyl (C=O) groups excluding carboxylic acids is 1. The molecular weight excluding hydrogens is 380 g/mol. The Kier molecular flexibility index (Phi) is 5.95. The van der Waals surface area contributed by atoms with E-state index in [1.807, 2.05) is 0 Å². The quantitative estimate of drug-likeness (QED) is 0.346. The number of anilines is 1. The Labute approximate surface area is 138 Å². The molecule has 1 rings (SSSR count). The third kappa shape index (κ3) is 5.22. The van der Waals surface area contributed by atoms with Gasteiger partial charge in [0.15, 0.2) is 0 Å². The molecule has 0 atom stereocenters. The molecule has 0 aliphatic heterocycles. The van der Waals surface area contributed by atoms with Crippen LogP contribution in [0, 0.1) is 0 Å². The third-order valence-corrected chi connectivity index (χ3v) is 4.75. The maximum absolute atomic E-state index is 12.9. The Morgan fingerprint density at radius 2 is 1.52 bits per heavy atom. The van der Waals surface area contributed by atoms with Crippen LogP contribution in [0.4, 0.5) is 32.0 Å². The minimum Gasteiger partial charge on any atom is -0.293 e. The minimum atomic E-state index is -5.16. The number of benzene rings is 1. The fraction of sp³-hybridized carbons (Fsp3) is 0.417. The summed E-state index contributed by atoms with van der Waals surface area (Å²) in [5.74, 6) is 3.01. The van der Waals surface area contributed by atoms with Crippen LogP contribution in [0.15, 0.2) is 18.2 Å². The average molecular weight is 393 g/mol. The van der Waals surface area contributed by atoms with Crippen LogP contribution in [0.2, 0.25) is 0 Å². The lowest BCUT2D eigenvalue weighted by molar-refractivity contribution is -0.143. The van der Waals surface area contributed by atoms with E-state index in [-0.39, 0.29) is 22.5 Å². The lowest BCUT2D eigenvalue weighted by Gasteiger charge is -2.25. The highest BCUT2D eigenvalue weighted by atomic mass is 32.2. The van der Waals surface area contributed by atoms with Gasteiger partial charge < -0.3 is 0 Å². The van der Waals surface area contributed by atoms with Crippen LogP contribution in [-0.2, 0) is 27.2 Å². The number of nitrogens with two attached hydrogens (primary N) is 1. The van der Waals surface area contributed by atoms with E-state index in [9.17, 15) is 39.6 Å². The largest absolute Gasteiger partial charge is 0.416 e. The Bertz CT molecular complexity index is 713. The van der Waals surface area contributed by atoms with Crippen molar-refractivity contribution in [3.8, 4) is 0 Å². The molecule has 25 heavy (non-hydrogen) atoms. The summed E-state index contributed by atoms with van der Waals surface area (Å²) in [6, 6.07) is 0.280. The molecule has 1 amide bonds. The number of halogens is 6. The summed E-state index contributed by atoms with van der Waals surface area (Å²) >= 11 is 0. The van der Waals surface area contributed by atoms with Gasteiger partial charge in [0, 0.05) is 0 Å². The van der Waals surface area contributed by atoms with Gasteiger partial charge in [-0.2, -0.15) is 26.3 Å². The van der Waals surface area contributed by atoms with E-state index < -0.39 is 57.4 Å². The molecule has 0 bridgehead atoms. The van der Waals surface area contributed by atoms with E-state index in [2.05, 4.69) is 0 Å². The molecule has 0 spiro atoms. The van der Waals surface area contributed by atoms with Crippen molar-refractivity contribution in [3.05, 3.63) is 29.3 Å². The maximum Gasteiger partial charge on any atom is 0.416 e. The molecule has 0 fully saturated rings. The van der Waals surface area contributed by atoms with Crippen molar-refractivity contribution in [2.45, 2.75) is 19.3 Å². The van der Waals surface area contributed by atoms with E-state index in [0.29, 0.717) is 0 Å². The van der Waals surface area contributed by atoms with Gasteiger partial charge in [-0.3, -0.25) is 14.5 Å². The topological polar surface area (TPSA) is 92.5 Å². The molecule has 6 nitrogen and oxygen atoms in total. The molecule has 13 heteroatoms. The normalized spacial score (nSPS) is 12.8. The van der Waals surface area contributed by atoms with E-state index in [1.54, 1.807) is 5.43 Å². The Balaban J connectivity index is 3.65. The molecular formula is C12H13F6N3O3S. The Morgan fingerprint density at radius 3 is 1.84 bits per heavy atom. The zero-order valence-electron chi connectivity index (χ0n) is 12.6. The number of nitrogens with one attached hydrogen (secondary N) is 1. The molecule has 0 aliphatic carbocycles. The Morgan fingerprint density at radius 1 is 1.08 bits per heavy atom. The monoisotopic (exact) mass is 393 g/mol. The van der Waals surface area contributed by atoms with Gasteiger partial charge in [0.05, 0.1) is 22.6 Å². The molecule has 3 N–H and O–H groups in total. The van der Waals surface area contributed by atoms with Gasteiger partial charge in [-0.15, -0.1) is 0 Å². The van der Waals surface area contributed by atoms with Crippen molar-refractivity contribution in [2.75, 3.05) is 16.6 Å². The highest BCUT2D eigenvalue weighted by Gasteiger charge is 2.38. The first-order valence-corrected chi connectivity index (χ1v) is 8.12. The Hall–Kier alpha value is -2.02. The summed E-state index contributed by atoms with van der Waals surface area (Å²) in [6.45, 7) is 0.0340. The van der Waals surface area contributed by atoms with Crippen LogP contribution in [0.3, 0.4) is 0 Å². The van der Waals surface area contributed by atoms with E-state index in [0.717, 1.165) is 6.92 Å². The molecule has 1 aromatic carbocycles. The number of hydrogen-bond acceptors (Lipinski definition) is 4. The summed E-state index contributed by atoms with van der Waals surface area (Å²) in [7, 11) is -4.36. The van der Waals surface area contributed by atoms with Crippen molar-refractivity contribution in [2.24, 2.45) is 5.84 Å². The molecule has 142 valence electrons. The number of hydrogen-bond donors (Lipinski definition) is 2. The maximum atomic E-state index is 12.9. The number of amides is 1. The van der Waals surface area contributed by atoms with Crippen LogP contribution in [0.1, 0.15) is 18.1 Å².